The van der Waals surface area contributed by atoms with Crippen molar-refractivity contribution < 1.29 is 30.0 Å². The number of carbonyl (C=O) groups is 1. The topological polar surface area (TPSA) is 119 Å². The highest BCUT2D eigenvalue weighted by Crippen LogP contribution is 2.19. The highest BCUT2D eigenvalue weighted by molar-refractivity contribution is 5.72. The Morgan fingerprint density at radius 3 is 2.33 bits per heavy atom. The molecule has 0 spiro atoms. The van der Waals surface area contributed by atoms with Crippen LogP contribution in [0.25, 0.3) is 0 Å². The monoisotopic (exact) mass is 221 g/mol. The van der Waals surface area contributed by atoms with Crippen LogP contribution in [0.15, 0.2) is 0 Å². The van der Waals surface area contributed by atoms with Gasteiger partial charge in [-0.15, -0.1) is 0 Å². The molecule has 5 N–H and O–H groups in total. The Labute approximate surface area is 86.3 Å². The number of amides is 1. The molecule has 0 bridgehead atoms. The van der Waals surface area contributed by atoms with Gasteiger partial charge >= 0.3 is 0 Å². The Morgan fingerprint density at radius 1 is 1.20 bits per heavy atom. The number of rotatable bonds is 2. The van der Waals surface area contributed by atoms with Gasteiger partial charge in [0, 0.05) is 13.5 Å². The van der Waals surface area contributed by atoms with Crippen LogP contribution < -0.4 is 5.32 Å². The predicted octanol–water partition coefficient (Wildman–Crippen LogP) is -3.08. The first-order chi connectivity index (χ1) is 6.93. The molecule has 0 saturated carbocycles. The summed E-state index contributed by atoms with van der Waals surface area (Å²) in [5.74, 6) is -0.319. The van der Waals surface area contributed by atoms with E-state index in [1.54, 1.807) is 0 Å². The summed E-state index contributed by atoms with van der Waals surface area (Å²) in [7, 11) is 0. The molecule has 1 heterocycles. The minimum Gasteiger partial charge on any atom is -0.388 e. The third-order valence-electron chi connectivity index (χ3n) is 2.24. The molecule has 0 aromatic heterocycles. The Bertz CT molecular complexity index is 235. The van der Waals surface area contributed by atoms with Gasteiger partial charge in [0.05, 0.1) is 0 Å². The predicted molar refractivity (Wildman–Crippen MR) is 47.6 cm³/mol. The number of hydrogen-bond acceptors (Lipinski definition) is 6. The number of nitrogens with one attached hydrogen (secondary N) is 1. The molecule has 7 heteroatoms. The van der Waals surface area contributed by atoms with E-state index in [4.69, 9.17) is 14.9 Å². The summed E-state index contributed by atoms with van der Waals surface area (Å²) in [6.07, 6.45) is -6.90. The molecule has 1 fully saturated rings. The highest BCUT2D eigenvalue weighted by atomic mass is 16.6. The van der Waals surface area contributed by atoms with E-state index in [1.807, 2.05) is 0 Å². The fraction of sp³-hybridized carbons (Fsp3) is 0.875. The van der Waals surface area contributed by atoms with Crippen molar-refractivity contribution in [3.63, 3.8) is 0 Å². The Balaban J connectivity index is 2.54. The molecule has 0 aromatic carbocycles. The molecule has 1 amide bonds. The maximum atomic E-state index is 10.6. The van der Waals surface area contributed by atoms with Crippen molar-refractivity contribution in [3.8, 4) is 0 Å². The molecule has 0 aliphatic carbocycles. The zero-order chi connectivity index (χ0) is 11.6. The van der Waals surface area contributed by atoms with Crippen LogP contribution in [0.3, 0.4) is 0 Å². The van der Waals surface area contributed by atoms with Crippen molar-refractivity contribution in [1.29, 1.82) is 0 Å². The van der Waals surface area contributed by atoms with Crippen LogP contribution in [0.1, 0.15) is 6.92 Å². The fourth-order valence-corrected chi connectivity index (χ4v) is 1.34. The summed E-state index contributed by atoms with van der Waals surface area (Å²) >= 11 is 0. The lowest BCUT2D eigenvalue weighted by atomic mass is 9.99. The third kappa shape index (κ3) is 2.86. The first kappa shape index (κ1) is 12.3. The van der Waals surface area contributed by atoms with Crippen LogP contribution in [0.4, 0.5) is 0 Å². The summed E-state index contributed by atoms with van der Waals surface area (Å²) in [6.45, 7) is 1.24. The van der Waals surface area contributed by atoms with Gasteiger partial charge in [0.2, 0.25) is 5.91 Å². The SMILES string of the molecule is CC(=O)NC[C@@H]1O[C@H](O)[C@H](O)[C@H](O)[C@@H]1O. The van der Waals surface area contributed by atoms with Crippen LogP contribution in [-0.2, 0) is 9.53 Å². The number of aliphatic hydroxyl groups is 4. The van der Waals surface area contributed by atoms with Crippen LogP contribution in [0, 0.1) is 0 Å². The molecule has 0 radical (unpaired) electrons. The molecule has 1 aliphatic heterocycles. The molecule has 5 atom stereocenters. The van der Waals surface area contributed by atoms with E-state index in [2.05, 4.69) is 5.32 Å². The van der Waals surface area contributed by atoms with E-state index in [-0.39, 0.29) is 12.5 Å². The van der Waals surface area contributed by atoms with Gasteiger partial charge in [0.1, 0.15) is 24.4 Å². The lowest BCUT2D eigenvalue weighted by molar-refractivity contribution is -0.280. The second kappa shape index (κ2) is 4.86. The van der Waals surface area contributed by atoms with E-state index < -0.39 is 30.7 Å². The standard InChI is InChI=1S/C8H15NO6/c1-3(10)9-2-4-5(11)6(12)7(13)8(14)15-4/h4-8,11-14H,2H2,1H3,(H,9,10)/t4-,5+,6+,7+,8-/m0/s1. The molecule has 1 rings (SSSR count). The van der Waals surface area contributed by atoms with Gasteiger partial charge in [0.15, 0.2) is 6.29 Å². The molecule has 15 heavy (non-hydrogen) atoms. The number of hydrogen-bond donors (Lipinski definition) is 5. The van der Waals surface area contributed by atoms with Crippen LogP contribution in [0.5, 0.6) is 0 Å². The van der Waals surface area contributed by atoms with Gasteiger partial charge in [-0.25, -0.2) is 0 Å². The summed E-state index contributed by atoms with van der Waals surface area (Å²) in [5, 5.41) is 39.4. The zero-order valence-corrected chi connectivity index (χ0v) is 8.20. The maximum absolute atomic E-state index is 10.6. The smallest absolute Gasteiger partial charge is 0.216 e. The van der Waals surface area contributed by atoms with Gasteiger partial charge in [-0.2, -0.15) is 0 Å². The van der Waals surface area contributed by atoms with Gasteiger partial charge in [-0.1, -0.05) is 0 Å². The normalized spacial score (nSPS) is 41.3. The third-order valence-corrected chi connectivity index (χ3v) is 2.24. The molecule has 88 valence electrons. The van der Waals surface area contributed by atoms with Crippen LogP contribution >= 0.6 is 0 Å². The van der Waals surface area contributed by atoms with Crippen LogP contribution in [-0.4, -0.2) is 63.6 Å². The lowest BCUT2D eigenvalue weighted by Gasteiger charge is -2.38. The molecule has 0 unspecified atom stereocenters. The number of ether oxygens (including phenoxy) is 1. The Kier molecular flexibility index (Phi) is 4.00. The summed E-state index contributed by atoms with van der Waals surface area (Å²) in [6, 6.07) is 0. The van der Waals surface area contributed by atoms with Gasteiger partial charge in [-0.05, 0) is 0 Å². The van der Waals surface area contributed by atoms with E-state index in [9.17, 15) is 15.0 Å². The average molecular weight is 221 g/mol. The van der Waals surface area contributed by atoms with E-state index >= 15 is 0 Å². The second-order valence-corrected chi connectivity index (χ2v) is 3.47. The summed E-state index contributed by atoms with van der Waals surface area (Å²) in [5.41, 5.74) is 0. The minimum atomic E-state index is -1.57. The quantitative estimate of drug-likeness (QED) is 0.337. The van der Waals surface area contributed by atoms with E-state index in [0.717, 1.165) is 0 Å². The largest absolute Gasteiger partial charge is 0.388 e. The zero-order valence-electron chi connectivity index (χ0n) is 8.20. The van der Waals surface area contributed by atoms with Crippen molar-refractivity contribution in [3.05, 3.63) is 0 Å². The first-order valence-corrected chi connectivity index (χ1v) is 4.55. The maximum Gasteiger partial charge on any atom is 0.216 e. The van der Waals surface area contributed by atoms with Gasteiger partial charge in [-0.3, -0.25) is 4.79 Å². The van der Waals surface area contributed by atoms with Crippen molar-refractivity contribution in [2.45, 2.75) is 37.6 Å². The molecular formula is C8H15NO6. The van der Waals surface area contributed by atoms with E-state index in [0.29, 0.717) is 0 Å². The first-order valence-electron chi connectivity index (χ1n) is 4.55. The van der Waals surface area contributed by atoms with Crippen molar-refractivity contribution in [2.75, 3.05) is 6.54 Å². The lowest BCUT2D eigenvalue weighted by Crippen LogP contribution is -2.59. The Morgan fingerprint density at radius 2 is 1.80 bits per heavy atom. The summed E-state index contributed by atoms with van der Waals surface area (Å²) in [4.78, 5) is 10.6. The molecular weight excluding hydrogens is 206 g/mol. The molecule has 1 aliphatic rings. The minimum absolute atomic E-state index is 0.0443. The molecule has 1 saturated heterocycles. The number of carbonyl (C=O) groups excluding carboxylic acids is 1. The van der Waals surface area contributed by atoms with Crippen LogP contribution in [0.2, 0.25) is 0 Å². The van der Waals surface area contributed by atoms with Crippen molar-refractivity contribution in [1.82, 2.24) is 5.32 Å². The highest BCUT2D eigenvalue weighted by Gasteiger charge is 2.42. The summed E-state index contributed by atoms with van der Waals surface area (Å²) < 4.78 is 4.81. The Hall–Kier alpha value is -0.730. The average Bonchev–Trinajstić information content (AvgIpc) is 2.18. The number of aliphatic hydroxyl groups excluding tert-OH is 4. The van der Waals surface area contributed by atoms with Gasteiger partial charge < -0.3 is 30.5 Å². The second-order valence-electron chi connectivity index (χ2n) is 3.47. The molecule has 7 nitrogen and oxygen atoms in total. The van der Waals surface area contributed by atoms with E-state index in [1.165, 1.54) is 6.92 Å². The van der Waals surface area contributed by atoms with Crippen molar-refractivity contribution >= 4 is 5.91 Å². The molecule has 0 aromatic rings. The van der Waals surface area contributed by atoms with Crippen molar-refractivity contribution in [2.24, 2.45) is 0 Å². The van der Waals surface area contributed by atoms with Gasteiger partial charge in [0.25, 0.3) is 0 Å². The fourth-order valence-electron chi connectivity index (χ4n) is 1.34.